The highest BCUT2D eigenvalue weighted by atomic mass is 32.2. The summed E-state index contributed by atoms with van der Waals surface area (Å²) in [5.41, 5.74) is -0.770. The van der Waals surface area contributed by atoms with Crippen LogP contribution in [0.15, 0.2) is 0 Å². The molecule has 1 atom stereocenters. The molecule has 0 fully saturated rings. The summed E-state index contributed by atoms with van der Waals surface area (Å²) < 4.78 is 11.6. The van der Waals surface area contributed by atoms with Crippen molar-refractivity contribution >= 4 is 23.1 Å². The molecule has 0 aromatic rings. The molecular formula is C12H22O5S. The zero-order valence-electron chi connectivity index (χ0n) is 11.0. The molecule has 0 bridgehead atoms. The van der Waals surface area contributed by atoms with Crippen LogP contribution in [0.2, 0.25) is 0 Å². The zero-order chi connectivity index (χ0) is 14.2. The fourth-order valence-corrected chi connectivity index (χ4v) is 2.62. The number of unbranched alkanes of at least 4 members (excludes halogenated alkanes) is 1. The average Bonchev–Trinajstić information content (AvgIpc) is 2.23. The molecule has 2 N–H and O–H groups in total. The number of carbonyl (C=O) groups is 2. The molecular weight excluding hydrogens is 256 g/mol. The molecule has 0 rings (SSSR count). The minimum absolute atomic E-state index is 0.114. The van der Waals surface area contributed by atoms with Gasteiger partial charge >= 0.3 is 11.9 Å². The first-order chi connectivity index (χ1) is 8.25. The van der Waals surface area contributed by atoms with E-state index in [4.69, 9.17) is 10.2 Å². The molecule has 0 amide bonds. The molecule has 0 aliphatic rings. The molecule has 0 aromatic carbocycles. The first-order valence-corrected chi connectivity index (χ1v) is 7.54. The van der Waals surface area contributed by atoms with Gasteiger partial charge in [-0.2, -0.15) is 0 Å². The molecule has 6 heteroatoms. The van der Waals surface area contributed by atoms with E-state index in [2.05, 4.69) is 0 Å². The van der Waals surface area contributed by atoms with Crippen LogP contribution < -0.4 is 0 Å². The van der Waals surface area contributed by atoms with E-state index < -0.39 is 28.5 Å². The summed E-state index contributed by atoms with van der Waals surface area (Å²) in [5.74, 6) is -0.677. The molecule has 0 saturated carbocycles. The molecule has 5 nitrogen and oxygen atoms in total. The number of hydrogen-bond donors (Lipinski definition) is 2. The van der Waals surface area contributed by atoms with Gasteiger partial charge in [0.05, 0.1) is 5.41 Å². The Labute approximate surface area is 111 Å². The van der Waals surface area contributed by atoms with Gasteiger partial charge in [0.15, 0.2) is 0 Å². The normalized spacial score (nSPS) is 13.3. The Morgan fingerprint density at radius 1 is 1.11 bits per heavy atom. The van der Waals surface area contributed by atoms with Crippen LogP contribution in [-0.4, -0.2) is 38.2 Å². The Hall–Kier alpha value is -0.750. The highest BCUT2D eigenvalue weighted by Crippen LogP contribution is 2.22. The summed E-state index contributed by atoms with van der Waals surface area (Å²) in [7, 11) is 0. The van der Waals surface area contributed by atoms with Crippen LogP contribution in [0.4, 0.5) is 0 Å². The summed E-state index contributed by atoms with van der Waals surface area (Å²) in [5, 5.41) is 17.3. The minimum atomic E-state index is -0.969. The molecule has 1 unspecified atom stereocenters. The van der Waals surface area contributed by atoms with Crippen LogP contribution in [0, 0.1) is 5.41 Å². The molecule has 0 aliphatic heterocycles. The lowest BCUT2D eigenvalue weighted by Gasteiger charge is -2.19. The Kier molecular flexibility index (Phi) is 8.02. The second kappa shape index (κ2) is 8.37. The maximum Gasteiger partial charge on any atom is 0.309 e. The van der Waals surface area contributed by atoms with Crippen LogP contribution in [0.3, 0.4) is 0 Å². The standard InChI is InChI=1S/C12H22O5S/c1-12(2,11(15)16)7-5-9-18(17)8-4-3-6-10(13)14/h3-9H2,1-2H3,(H,13,14)(H,15,16). The van der Waals surface area contributed by atoms with Gasteiger partial charge in [0, 0.05) is 6.42 Å². The van der Waals surface area contributed by atoms with E-state index in [1.807, 2.05) is 0 Å². The van der Waals surface area contributed by atoms with Crippen LogP contribution in [0.25, 0.3) is 0 Å². The van der Waals surface area contributed by atoms with E-state index in [9.17, 15) is 14.1 Å². The molecule has 0 aromatic heterocycles. The third-order valence-corrected chi connectivity index (χ3v) is 4.25. The zero-order valence-corrected chi connectivity index (χ0v) is 11.8. The van der Waals surface area contributed by atoms with Gasteiger partial charge in [-0.3, -0.25) is 9.59 Å². The van der Waals surface area contributed by atoms with Gasteiger partial charge in [-0.15, -0.1) is 0 Å². The van der Waals surface area contributed by atoms with Gasteiger partial charge in [0.1, 0.15) is 11.5 Å². The summed E-state index contributed by atoms with van der Waals surface area (Å²) in [6.45, 7) is 3.32. The molecule has 0 heterocycles. The summed E-state index contributed by atoms with van der Waals surface area (Å²) >= 11 is -0.969. The molecule has 18 heavy (non-hydrogen) atoms. The van der Waals surface area contributed by atoms with Crippen molar-refractivity contribution in [3.8, 4) is 0 Å². The van der Waals surface area contributed by atoms with Crippen molar-refractivity contribution in [3.05, 3.63) is 0 Å². The lowest BCUT2D eigenvalue weighted by molar-refractivity contribution is -0.147. The Morgan fingerprint density at radius 2 is 1.67 bits per heavy atom. The van der Waals surface area contributed by atoms with Crippen molar-refractivity contribution in [2.75, 3.05) is 11.5 Å². The second-order valence-electron chi connectivity index (χ2n) is 4.99. The Morgan fingerprint density at radius 3 is 2.17 bits per heavy atom. The van der Waals surface area contributed by atoms with Crippen LogP contribution in [0.1, 0.15) is 46.0 Å². The highest BCUT2D eigenvalue weighted by molar-refractivity contribution is 7.91. The minimum Gasteiger partial charge on any atom is -0.616 e. The van der Waals surface area contributed by atoms with Crippen LogP contribution in [0.5, 0.6) is 0 Å². The van der Waals surface area contributed by atoms with E-state index in [1.54, 1.807) is 13.8 Å². The topological polar surface area (TPSA) is 97.7 Å². The van der Waals surface area contributed by atoms with Crippen molar-refractivity contribution in [3.63, 3.8) is 0 Å². The van der Waals surface area contributed by atoms with E-state index >= 15 is 0 Å². The van der Waals surface area contributed by atoms with Crippen molar-refractivity contribution in [1.82, 2.24) is 0 Å². The number of carboxylic acid groups (broad SMARTS) is 2. The van der Waals surface area contributed by atoms with E-state index in [-0.39, 0.29) is 6.42 Å². The predicted octanol–water partition coefficient (Wildman–Crippen LogP) is 1.88. The van der Waals surface area contributed by atoms with E-state index in [1.165, 1.54) is 0 Å². The van der Waals surface area contributed by atoms with Crippen molar-refractivity contribution in [2.24, 2.45) is 5.41 Å². The van der Waals surface area contributed by atoms with Crippen molar-refractivity contribution < 1.29 is 24.4 Å². The lowest BCUT2D eigenvalue weighted by atomic mass is 9.88. The summed E-state index contributed by atoms with van der Waals surface area (Å²) in [6, 6.07) is 0. The van der Waals surface area contributed by atoms with Crippen LogP contribution >= 0.6 is 0 Å². The third kappa shape index (κ3) is 8.36. The average molecular weight is 278 g/mol. The third-order valence-electron chi connectivity index (χ3n) is 2.77. The Bertz CT molecular complexity index is 278. The summed E-state index contributed by atoms with van der Waals surface area (Å²) in [6.07, 6.45) is 2.42. The van der Waals surface area contributed by atoms with Gasteiger partial charge < -0.3 is 14.8 Å². The number of carboxylic acids is 2. The van der Waals surface area contributed by atoms with Gasteiger partial charge in [-0.1, -0.05) is 11.2 Å². The fraction of sp³-hybridized carbons (Fsp3) is 0.833. The van der Waals surface area contributed by atoms with Gasteiger partial charge in [0.25, 0.3) is 0 Å². The van der Waals surface area contributed by atoms with Gasteiger partial charge in [-0.25, -0.2) is 0 Å². The van der Waals surface area contributed by atoms with Crippen molar-refractivity contribution in [2.45, 2.75) is 46.0 Å². The molecule has 106 valence electrons. The maximum atomic E-state index is 11.6. The number of hydrogen-bond acceptors (Lipinski definition) is 3. The SMILES string of the molecule is CC(C)(CCC[S+]([O-])CCCCC(=O)O)C(=O)O. The first kappa shape index (κ1) is 17.2. The first-order valence-electron chi connectivity index (χ1n) is 6.06. The lowest BCUT2D eigenvalue weighted by Crippen LogP contribution is -2.24. The molecule has 0 aliphatic carbocycles. The van der Waals surface area contributed by atoms with Gasteiger partial charge in [-0.05, 0) is 39.5 Å². The van der Waals surface area contributed by atoms with E-state index in [0.29, 0.717) is 37.2 Å². The van der Waals surface area contributed by atoms with Gasteiger partial charge in [0.2, 0.25) is 0 Å². The maximum absolute atomic E-state index is 11.6. The second-order valence-corrected chi connectivity index (χ2v) is 6.69. The summed E-state index contributed by atoms with van der Waals surface area (Å²) in [4.78, 5) is 21.1. The largest absolute Gasteiger partial charge is 0.616 e. The fourth-order valence-electron chi connectivity index (χ4n) is 1.42. The number of aliphatic carboxylic acids is 2. The van der Waals surface area contributed by atoms with E-state index in [0.717, 1.165) is 0 Å². The highest BCUT2D eigenvalue weighted by Gasteiger charge is 2.26. The molecule has 0 spiro atoms. The predicted molar refractivity (Wildman–Crippen MR) is 70.0 cm³/mol. The Balaban J connectivity index is 3.62. The smallest absolute Gasteiger partial charge is 0.309 e. The van der Waals surface area contributed by atoms with Crippen molar-refractivity contribution in [1.29, 1.82) is 0 Å². The monoisotopic (exact) mass is 278 g/mol. The quantitative estimate of drug-likeness (QED) is 0.469. The van der Waals surface area contributed by atoms with Crippen LogP contribution in [-0.2, 0) is 20.8 Å². The molecule has 0 saturated heterocycles. The molecule has 0 radical (unpaired) electrons. The number of rotatable bonds is 10.